The molecule has 0 aliphatic heterocycles. The summed E-state index contributed by atoms with van der Waals surface area (Å²) in [6.45, 7) is 1.45. The maximum Gasteiger partial charge on any atom is 0.262 e. The Morgan fingerprint density at radius 2 is 2.07 bits per heavy atom. The van der Waals surface area contributed by atoms with Crippen LogP contribution in [0.15, 0.2) is 47.4 Å². The normalized spacial score (nSPS) is 13.7. The van der Waals surface area contributed by atoms with E-state index >= 15 is 0 Å². The van der Waals surface area contributed by atoms with Crippen molar-refractivity contribution in [1.29, 1.82) is 0 Å². The predicted octanol–water partition coefficient (Wildman–Crippen LogP) is 2.48. The van der Waals surface area contributed by atoms with Gasteiger partial charge in [-0.05, 0) is 23.4 Å². The Kier molecular flexibility index (Phi) is 4.97. The van der Waals surface area contributed by atoms with Gasteiger partial charge in [0.25, 0.3) is 5.56 Å². The number of hydrogen-bond donors (Lipinski definition) is 1. The van der Waals surface area contributed by atoms with Gasteiger partial charge in [-0.15, -0.1) is 11.3 Å². The molecule has 0 saturated carbocycles. The van der Waals surface area contributed by atoms with E-state index in [9.17, 15) is 18.7 Å². The van der Waals surface area contributed by atoms with Gasteiger partial charge in [-0.1, -0.05) is 13.0 Å². The molecule has 0 saturated heterocycles. The molecule has 3 aromatic heterocycles. The minimum atomic E-state index is -1.90. The Hall–Kier alpha value is -2.98. The zero-order chi connectivity index (χ0) is 20.6. The highest BCUT2D eigenvalue weighted by Gasteiger charge is 2.35. The van der Waals surface area contributed by atoms with Crippen LogP contribution in [-0.2, 0) is 25.1 Å². The molecular weight excluding hydrogens is 400 g/mol. The van der Waals surface area contributed by atoms with Crippen molar-refractivity contribution in [3.63, 3.8) is 0 Å². The first-order chi connectivity index (χ1) is 13.9. The Labute approximate surface area is 167 Å². The lowest BCUT2D eigenvalue weighted by atomic mass is 9.92. The number of aromatic nitrogens is 5. The van der Waals surface area contributed by atoms with Crippen LogP contribution in [0.2, 0.25) is 0 Å². The largest absolute Gasteiger partial charge is 0.381 e. The minimum absolute atomic E-state index is 0.151. The summed E-state index contributed by atoms with van der Waals surface area (Å²) in [4.78, 5) is 21.8. The van der Waals surface area contributed by atoms with Gasteiger partial charge in [0.1, 0.15) is 34.7 Å². The van der Waals surface area contributed by atoms with Crippen molar-refractivity contribution < 1.29 is 13.9 Å². The molecule has 1 aromatic carbocycles. The van der Waals surface area contributed by atoms with Gasteiger partial charge in [0.05, 0.1) is 24.8 Å². The van der Waals surface area contributed by atoms with Crippen molar-refractivity contribution in [3.05, 3.63) is 75.7 Å². The Morgan fingerprint density at radius 1 is 1.24 bits per heavy atom. The van der Waals surface area contributed by atoms with Gasteiger partial charge in [-0.2, -0.15) is 5.10 Å². The van der Waals surface area contributed by atoms with Crippen molar-refractivity contribution in [3.8, 4) is 0 Å². The highest BCUT2D eigenvalue weighted by Crippen LogP contribution is 2.29. The predicted molar refractivity (Wildman–Crippen MR) is 104 cm³/mol. The smallest absolute Gasteiger partial charge is 0.262 e. The Bertz CT molecular complexity index is 1220. The molecule has 1 unspecified atom stereocenters. The van der Waals surface area contributed by atoms with Crippen molar-refractivity contribution in [2.24, 2.45) is 0 Å². The van der Waals surface area contributed by atoms with Crippen molar-refractivity contribution in [2.75, 3.05) is 0 Å². The molecule has 7 nitrogen and oxygen atoms in total. The third-order valence-electron chi connectivity index (χ3n) is 4.77. The average molecular weight is 417 g/mol. The first-order valence-electron chi connectivity index (χ1n) is 8.87. The third-order valence-corrected chi connectivity index (χ3v) is 5.71. The van der Waals surface area contributed by atoms with E-state index in [4.69, 9.17) is 0 Å². The molecule has 1 atom stereocenters. The number of nitrogens with zero attached hydrogens (tertiary/aromatic N) is 5. The quantitative estimate of drug-likeness (QED) is 0.521. The maximum atomic E-state index is 14.6. The second-order valence-electron chi connectivity index (χ2n) is 6.72. The number of benzene rings is 1. The molecule has 0 radical (unpaired) electrons. The number of fused-ring (bicyclic) bond motifs is 1. The molecule has 1 N–H and O–H groups in total. The molecule has 0 amide bonds. The molecule has 4 rings (SSSR count). The molecule has 10 heteroatoms. The minimum Gasteiger partial charge on any atom is -0.381 e. The molecule has 0 spiro atoms. The van der Waals surface area contributed by atoms with Gasteiger partial charge in [0.15, 0.2) is 0 Å². The zero-order valence-electron chi connectivity index (χ0n) is 15.4. The number of halogens is 2. The van der Waals surface area contributed by atoms with Crippen LogP contribution in [0.5, 0.6) is 0 Å². The summed E-state index contributed by atoms with van der Waals surface area (Å²) >= 11 is 1.37. The van der Waals surface area contributed by atoms with Crippen LogP contribution in [-0.4, -0.2) is 29.4 Å². The number of aliphatic hydroxyl groups is 1. The standard InChI is InChI=1S/C19H17F2N5O2S/c1-2-12-6-29-17-16(12)18(27)25(11-23-17)7-19(28,8-26-10-22-9-24-26)14-4-3-13(20)5-15(14)21/h3-6,9-11,28H,2,7-8H2,1H3. The monoisotopic (exact) mass is 417 g/mol. The van der Waals surface area contributed by atoms with Crippen LogP contribution in [0.25, 0.3) is 10.2 Å². The van der Waals surface area contributed by atoms with E-state index in [1.54, 1.807) is 0 Å². The molecular formula is C19H17F2N5O2S. The topological polar surface area (TPSA) is 85.8 Å². The molecule has 0 fully saturated rings. The van der Waals surface area contributed by atoms with E-state index < -0.39 is 17.2 Å². The highest BCUT2D eigenvalue weighted by molar-refractivity contribution is 7.16. The zero-order valence-corrected chi connectivity index (χ0v) is 16.2. The molecule has 4 aromatic rings. The second-order valence-corrected chi connectivity index (χ2v) is 7.58. The van der Waals surface area contributed by atoms with Gasteiger partial charge in [-0.25, -0.2) is 23.4 Å². The Balaban J connectivity index is 1.83. The van der Waals surface area contributed by atoms with Gasteiger partial charge in [0.2, 0.25) is 0 Å². The first-order valence-corrected chi connectivity index (χ1v) is 9.75. The van der Waals surface area contributed by atoms with E-state index in [0.717, 1.165) is 11.6 Å². The van der Waals surface area contributed by atoms with Crippen molar-refractivity contribution in [2.45, 2.75) is 32.0 Å². The third kappa shape index (κ3) is 3.56. The number of hydrogen-bond acceptors (Lipinski definition) is 6. The SMILES string of the molecule is CCc1csc2ncn(CC(O)(Cn3cncn3)c3ccc(F)cc3F)c(=O)c12. The van der Waals surface area contributed by atoms with Crippen LogP contribution in [0.4, 0.5) is 8.78 Å². The van der Waals surface area contributed by atoms with Crippen LogP contribution in [0, 0.1) is 11.6 Å². The molecule has 150 valence electrons. The Morgan fingerprint density at radius 3 is 2.76 bits per heavy atom. The summed E-state index contributed by atoms with van der Waals surface area (Å²) in [6.07, 6.45) is 4.63. The summed E-state index contributed by atoms with van der Waals surface area (Å²) in [6, 6.07) is 2.92. The fraction of sp³-hybridized carbons (Fsp3) is 0.263. The molecule has 29 heavy (non-hydrogen) atoms. The fourth-order valence-corrected chi connectivity index (χ4v) is 4.33. The summed E-state index contributed by atoms with van der Waals surface area (Å²) in [5.41, 5.74) is -1.51. The van der Waals surface area contributed by atoms with Gasteiger partial charge in [-0.3, -0.25) is 9.36 Å². The fourth-order valence-electron chi connectivity index (χ4n) is 3.35. The summed E-state index contributed by atoms with van der Waals surface area (Å²) in [5, 5.41) is 17.7. The van der Waals surface area contributed by atoms with E-state index in [0.29, 0.717) is 22.7 Å². The van der Waals surface area contributed by atoms with E-state index in [1.807, 2.05) is 12.3 Å². The van der Waals surface area contributed by atoms with Gasteiger partial charge >= 0.3 is 0 Å². The lowest BCUT2D eigenvalue weighted by molar-refractivity contribution is -0.00641. The van der Waals surface area contributed by atoms with Crippen LogP contribution >= 0.6 is 11.3 Å². The lowest BCUT2D eigenvalue weighted by Crippen LogP contribution is -2.40. The molecule has 0 bridgehead atoms. The van der Waals surface area contributed by atoms with E-state index in [1.165, 1.54) is 45.6 Å². The average Bonchev–Trinajstić information content (AvgIpc) is 3.33. The molecule has 0 aliphatic rings. The first kappa shape index (κ1) is 19.3. The number of thiophene rings is 1. The van der Waals surface area contributed by atoms with Crippen LogP contribution in [0.1, 0.15) is 18.1 Å². The van der Waals surface area contributed by atoms with Crippen LogP contribution in [0.3, 0.4) is 0 Å². The molecule has 0 aliphatic carbocycles. The summed E-state index contributed by atoms with van der Waals surface area (Å²) < 4.78 is 30.5. The molecule has 3 heterocycles. The highest BCUT2D eigenvalue weighted by atomic mass is 32.1. The summed E-state index contributed by atoms with van der Waals surface area (Å²) in [5.74, 6) is -1.68. The van der Waals surface area contributed by atoms with Crippen molar-refractivity contribution >= 4 is 21.6 Å². The van der Waals surface area contributed by atoms with E-state index in [-0.39, 0.29) is 24.2 Å². The van der Waals surface area contributed by atoms with Gasteiger partial charge < -0.3 is 5.11 Å². The van der Waals surface area contributed by atoms with Crippen molar-refractivity contribution in [1.82, 2.24) is 24.3 Å². The maximum absolute atomic E-state index is 14.6. The summed E-state index contributed by atoms with van der Waals surface area (Å²) in [7, 11) is 0. The van der Waals surface area contributed by atoms with E-state index in [2.05, 4.69) is 15.1 Å². The van der Waals surface area contributed by atoms with Crippen LogP contribution < -0.4 is 5.56 Å². The second kappa shape index (κ2) is 7.45. The number of aryl methyl sites for hydroxylation is 1. The number of rotatable bonds is 6. The van der Waals surface area contributed by atoms with Gasteiger partial charge in [0, 0.05) is 11.6 Å². The lowest BCUT2D eigenvalue weighted by Gasteiger charge is -2.29.